The van der Waals surface area contributed by atoms with Gasteiger partial charge in [-0.25, -0.2) is 0 Å². The van der Waals surface area contributed by atoms with Gasteiger partial charge in [-0.05, 0) is 17.7 Å². The van der Waals surface area contributed by atoms with E-state index in [1.165, 1.54) is 6.92 Å². The van der Waals surface area contributed by atoms with Crippen molar-refractivity contribution < 1.29 is 4.79 Å². The van der Waals surface area contributed by atoms with Gasteiger partial charge >= 0.3 is 0 Å². The number of pyridine rings is 1. The van der Waals surface area contributed by atoms with Crippen LogP contribution in [0.4, 0.5) is 0 Å². The Bertz CT molecular complexity index is 443. The maximum Gasteiger partial charge on any atom is 0.217 e. The largest absolute Gasteiger partial charge is 0.344 e. The van der Waals surface area contributed by atoms with Crippen LogP contribution in [0.5, 0.6) is 0 Å². The molecule has 1 aromatic carbocycles. The van der Waals surface area contributed by atoms with E-state index in [1.807, 2.05) is 48.5 Å². The van der Waals surface area contributed by atoms with Crippen LogP contribution in [0.15, 0.2) is 54.7 Å². The van der Waals surface area contributed by atoms with Crippen molar-refractivity contribution in [3.8, 4) is 0 Å². The van der Waals surface area contributed by atoms with Crippen molar-refractivity contribution in [2.75, 3.05) is 0 Å². The highest BCUT2D eigenvalue weighted by Gasteiger charge is 2.15. The zero-order valence-corrected chi connectivity index (χ0v) is 9.63. The molecular weight excluding hydrogens is 212 g/mol. The molecule has 1 unspecified atom stereocenters. The number of nitrogens with zero attached hydrogens (tertiary/aromatic N) is 1. The molecule has 0 saturated heterocycles. The van der Waals surface area contributed by atoms with Gasteiger partial charge in [0.1, 0.15) is 0 Å². The molecule has 2 aromatic rings. The lowest BCUT2D eigenvalue weighted by Gasteiger charge is -2.17. The van der Waals surface area contributed by atoms with Gasteiger partial charge in [0, 0.05) is 13.1 Å². The number of amides is 1. The smallest absolute Gasteiger partial charge is 0.217 e. The number of carbonyl (C=O) groups is 1. The van der Waals surface area contributed by atoms with Gasteiger partial charge in [-0.2, -0.15) is 0 Å². The first-order chi connectivity index (χ1) is 8.27. The zero-order chi connectivity index (χ0) is 12.1. The zero-order valence-electron chi connectivity index (χ0n) is 9.63. The monoisotopic (exact) mass is 226 g/mol. The number of aromatic nitrogens is 1. The van der Waals surface area contributed by atoms with Crippen LogP contribution in [0.2, 0.25) is 0 Å². The van der Waals surface area contributed by atoms with E-state index in [1.54, 1.807) is 6.20 Å². The molecule has 1 amide bonds. The van der Waals surface area contributed by atoms with Gasteiger partial charge in [0.25, 0.3) is 0 Å². The minimum Gasteiger partial charge on any atom is -0.344 e. The fourth-order valence-corrected chi connectivity index (χ4v) is 1.72. The highest BCUT2D eigenvalue weighted by Crippen LogP contribution is 2.19. The molecule has 1 N–H and O–H groups in total. The average molecular weight is 226 g/mol. The maximum absolute atomic E-state index is 11.3. The predicted octanol–water partition coefficient (Wildman–Crippen LogP) is 2.31. The van der Waals surface area contributed by atoms with Crippen LogP contribution in [-0.2, 0) is 4.79 Å². The fraction of sp³-hybridized carbons (Fsp3) is 0.143. The summed E-state index contributed by atoms with van der Waals surface area (Å²) < 4.78 is 0. The summed E-state index contributed by atoms with van der Waals surface area (Å²) in [5, 5.41) is 2.91. The van der Waals surface area contributed by atoms with Crippen LogP contribution in [0.25, 0.3) is 0 Å². The summed E-state index contributed by atoms with van der Waals surface area (Å²) in [5.74, 6) is -0.0653. The lowest BCUT2D eigenvalue weighted by molar-refractivity contribution is -0.119. The summed E-state index contributed by atoms with van der Waals surface area (Å²) in [6.07, 6.45) is 1.73. The molecule has 0 aliphatic rings. The first-order valence-electron chi connectivity index (χ1n) is 5.50. The Morgan fingerprint density at radius 2 is 1.82 bits per heavy atom. The Balaban J connectivity index is 2.36. The van der Waals surface area contributed by atoms with Gasteiger partial charge in [-0.1, -0.05) is 36.4 Å². The van der Waals surface area contributed by atoms with E-state index in [2.05, 4.69) is 10.3 Å². The Labute approximate surface area is 101 Å². The second-order valence-electron chi connectivity index (χ2n) is 3.80. The fourth-order valence-electron chi connectivity index (χ4n) is 1.72. The Kier molecular flexibility index (Phi) is 3.50. The highest BCUT2D eigenvalue weighted by atomic mass is 16.1. The van der Waals surface area contributed by atoms with Gasteiger partial charge in [-0.3, -0.25) is 9.78 Å². The third-order valence-electron chi connectivity index (χ3n) is 2.46. The van der Waals surface area contributed by atoms with Crippen LogP contribution in [0.3, 0.4) is 0 Å². The van der Waals surface area contributed by atoms with Crippen LogP contribution >= 0.6 is 0 Å². The minimum atomic E-state index is -0.185. The van der Waals surface area contributed by atoms with Gasteiger partial charge in [0.05, 0.1) is 11.7 Å². The van der Waals surface area contributed by atoms with Gasteiger partial charge < -0.3 is 5.32 Å². The quantitative estimate of drug-likeness (QED) is 0.872. The number of benzene rings is 1. The lowest BCUT2D eigenvalue weighted by atomic mass is 10.0. The molecule has 0 spiro atoms. The first-order valence-corrected chi connectivity index (χ1v) is 5.50. The number of hydrogen-bond donors (Lipinski definition) is 1. The number of rotatable bonds is 3. The van der Waals surface area contributed by atoms with Crippen molar-refractivity contribution in [2.45, 2.75) is 13.0 Å². The van der Waals surface area contributed by atoms with E-state index in [0.29, 0.717) is 0 Å². The molecular formula is C14H14N2O. The second kappa shape index (κ2) is 5.25. The summed E-state index contributed by atoms with van der Waals surface area (Å²) in [6, 6.07) is 15.3. The lowest BCUT2D eigenvalue weighted by Crippen LogP contribution is -2.27. The summed E-state index contributed by atoms with van der Waals surface area (Å²) >= 11 is 0. The van der Waals surface area contributed by atoms with Gasteiger partial charge in [0.15, 0.2) is 0 Å². The molecule has 17 heavy (non-hydrogen) atoms. The van der Waals surface area contributed by atoms with Crippen molar-refractivity contribution in [2.24, 2.45) is 0 Å². The van der Waals surface area contributed by atoms with Crippen LogP contribution in [0, 0.1) is 0 Å². The van der Waals surface area contributed by atoms with Crippen molar-refractivity contribution in [1.82, 2.24) is 10.3 Å². The van der Waals surface area contributed by atoms with E-state index in [4.69, 9.17) is 0 Å². The number of hydrogen-bond acceptors (Lipinski definition) is 2. The van der Waals surface area contributed by atoms with Crippen molar-refractivity contribution in [3.63, 3.8) is 0 Å². The average Bonchev–Trinajstić information content (AvgIpc) is 2.38. The second-order valence-corrected chi connectivity index (χ2v) is 3.80. The molecule has 0 saturated carbocycles. The summed E-state index contributed by atoms with van der Waals surface area (Å²) in [5.41, 5.74) is 1.87. The van der Waals surface area contributed by atoms with Crippen LogP contribution in [-0.4, -0.2) is 10.9 Å². The van der Waals surface area contributed by atoms with E-state index in [9.17, 15) is 4.79 Å². The predicted molar refractivity (Wildman–Crippen MR) is 66.3 cm³/mol. The molecule has 3 nitrogen and oxygen atoms in total. The van der Waals surface area contributed by atoms with E-state index < -0.39 is 0 Å². The SMILES string of the molecule is CC(=O)NC(c1ccccc1)c1ccccn1. The Morgan fingerprint density at radius 1 is 1.12 bits per heavy atom. The van der Waals surface area contributed by atoms with Gasteiger partial charge in [0.2, 0.25) is 5.91 Å². The third-order valence-corrected chi connectivity index (χ3v) is 2.46. The van der Waals surface area contributed by atoms with Crippen molar-refractivity contribution in [1.29, 1.82) is 0 Å². The number of nitrogens with one attached hydrogen (secondary N) is 1. The molecule has 0 aliphatic carbocycles. The Hall–Kier alpha value is -2.16. The van der Waals surface area contributed by atoms with E-state index in [-0.39, 0.29) is 11.9 Å². The van der Waals surface area contributed by atoms with Crippen molar-refractivity contribution >= 4 is 5.91 Å². The molecule has 86 valence electrons. The first kappa shape index (κ1) is 11.3. The molecule has 1 aromatic heterocycles. The highest BCUT2D eigenvalue weighted by molar-refractivity contribution is 5.74. The molecule has 0 bridgehead atoms. The number of carbonyl (C=O) groups excluding carboxylic acids is 1. The molecule has 1 atom stereocenters. The van der Waals surface area contributed by atoms with Crippen LogP contribution < -0.4 is 5.32 Å². The molecule has 1 heterocycles. The standard InChI is InChI=1S/C14H14N2O/c1-11(17)16-14(12-7-3-2-4-8-12)13-9-5-6-10-15-13/h2-10,14H,1H3,(H,16,17). The molecule has 0 aliphatic heterocycles. The molecule has 3 heteroatoms. The maximum atomic E-state index is 11.3. The summed E-state index contributed by atoms with van der Waals surface area (Å²) in [7, 11) is 0. The Morgan fingerprint density at radius 3 is 2.41 bits per heavy atom. The van der Waals surface area contributed by atoms with E-state index >= 15 is 0 Å². The third kappa shape index (κ3) is 2.91. The summed E-state index contributed by atoms with van der Waals surface area (Å²) in [4.78, 5) is 15.6. The topological polar surface area (TPSA) is 42.0 Å². The molecule has 0 fully saturated rings. The summed E-state index contributed by atoms with van der Waals surface area (Å²) in [6.45, 7) is 1.51. The van der Waals surface area contributed by atoms with E-state index in [0.717, 1.165) is 11.3 Å². The molecule has 2 rings (SSSR count). The molecule has 0 radical (unpaired) electrons. The normalized spacial score (nSPS) is 11.8. The van der Waals surface area contributed by atoms with Gasteiger partial charge in [-0.15, -0.1) is 0 Å². The van der Waals surface area contributed by atoms with Crippen LogP contribution in [0.1, 0.15) is 24.2 Å². The van der Waals surface area contributed by atoms with Crippen molar-refractivity contribution in [3.05, 3.63) is 66.0 Å². The minimum absolute atomic E-state index is 0.0653.